The van der Waals surface area contributed by atoms with Gasteiger partial charge in [-0.1, -0.05) is 29.8 Å². The van der Waals surface area contributed by atoms with Crippen molar-refractivity contribution >= 4 is 11.5 Å². The second kappa shape index (κ2) is 12.3. The van der Waals surface area contributed by atoms with Crippen molar-refractivity contribution in [1.82, 2.24) is 0 Å². The van der Waals surface area contributed by atoms with Gasteiger partial charge in [0.05, 0.1) is 12.5 Å². The number of benzene rings is 2. The van der Waals surface area contributed by atoms with Crippen molar-refractivity contribution < 1.29 is 28.5 Å². The van der Waals surface area contributed by atoms with Crippen LogP contribution in [0.25, 0.3) is 5.57 Å². The largest absolute Gasteiger partial charge is 0.468 e. The molecule has 1 fully saturated rings. The van der Waals surface area contributed by atoms with Crippen LogP contribution in [0.15, 0.2) is 54.1 Å². The maximum atomic E-state index is 12.2. The fourth-order valence-corrected chi connectivity index (χ4v) is 3.98. The minimum Gasteiger partial charge on any atom is -0.468 e. The summed E-state index contributed by atoms with van der Waals surface area (Å²) in [5.41, 5.74) is 4.78. The second-order valence-electron chi connectivity index (χ2n) is 7.66. The van der Waals surface area contributed by atoms with Crippen LogP contribution in [0.1, 0.15) is 43.7 Å². The van der Waals surface area contributed by atoms with Gasteiger partial charge in [0.25, 0.3) is 0 Å². The third kappa shape index (κ3) is 6.34. The van der Waals surface area contributed by atoms with Crippen molar-refractivity contribution in [1.29, 1.82) is 0 Å². The molecule has 0 unspecified atom stereocenters. The lowest BCUT2D eigenvalue weighted by atomic mass is 9.80. The number of esters is 1. The molecule has 0 atom stereocenters. The Morgan fingerprint density at radius 1 is 0.812 bits per heavy atom. The molecule has 172 valence electrons. The molecule has 0 aliphatic heterocycles. The molecule has 0 amide bonds. The maximum absolute atomic E-state index is 12.2. The minimum atomic E-state index is -0.0765. The van der Waals surface area contributed by atoms with E-state index in [9.17, 15) is 4.79 Å². The van der Waals surface area contributed by atoms with Gasteiger partial charge in [0.1, 0.15) is 11.5 Å². The van der Waals surface area contributed by atoms with Gasteiger partial charge >= 0.3 is 5.97 Å². The zero-order valence-corrected chi connectivity index (χ0v) is 19.1. The Morgan fingerprint density at radius 3 is 1.69 bits per heavy atom. The number of rotatable bonds is 10. The molecule has 0 bridgehead atoms. The standard InChI is InChI=1S/C26H32O6/c1-4-30-26(27)22-7-5-19(6-8-22)25(20-9-13-23(14-10-20)31-17-28-2)21-11-15-24(16-12-21)32-18-29-3/h9-16,22H,4-8,17-18H2,1-3H3. The first-order valence-corrected chi connectivity index (χ1v) is 11.0. The first kappa shape index (κ1) is 23.8. The summed E-state index contributed by atoms with van der Waals surface area (Å²) in [5, 5.41) is 0. The summed E-state index contributed by atoms with van der Waals surface area (Å²) < 4.78 is 26.3. The van der Waals surface area contributed by atoms with Crippen LogP contribution in [0.5, 0.6) is 11.5 Å². The van der Waals surface area contributed by atoms with Gasteiger partial charge in [0, 0.05) is 14.2 Å². The van der Waals surface area contributed by atoms with Crippen LogP contribution in [-0.2, 0) is 19.0 Å². The van der Waals surface area contributed by atoms with E-state index >= 15 is 0 Å². The van der Waals surface area contributed by atoms with Crippen LogP contribution >= 0.6 is 0 Å². The highest BCUT2D eigenvalue weighted by Gasteiger charge is 2.26. The molecule has 32 heavy (non-hydrogen) atoms. The Kier molecular flexibility index (Phi) is 9.13. The molecule has 2 aromatic rings. The fourth-order valence-electron chi connectivity index (χ4n) is 3.98. The lowest BCUT2D eigenvalue weighted by Crippen LogP contribution is -2.21. The normalized spacial score (nSPS) is 15.8. The Labute approximate surface area is 190 Å². The molecule has 6 heteroatoms. The third-order valence-corrected chi connectivity index (χ3v) is 5.54. The predicted molar refractivity (Wildman–Crippen MR) is 123 cm³/mol. The summed E-state index contributed by atoms with van der Waals surface area (Å²) in [5.74, 6) is 1.42. The molecule has 1 aliphatic rings. The number of carbonyl (C=O) groups is 1. The zero-order chi connectivity index (χ0) is 22.8. The van der Waals surface area contributed by atoms with Gasteiger partial charge in [-0.3, -0.25) is 4.79 Å². The lowest BCUT2D eigenvalue weighted by molar-refractivity contribution is -0.148. The van der Waals surface area contributed by atoms with Gasteiger partial charge in [-0.05, 0) is 73.6 Å². The van der Waals surface area contributed by atoms with Crippen molar-refractivity contribution in [2.75, 3.05) is 34.4 Å². The van der Waals surface area contributed by atoms with E-state index in [0.717, 1.165) is 48.3 Å². The molecule has 0 radical (unpaired) electrons. The van der Waals surface area contributed by atoms with Crippen molar-refractivity contribution in [3.63, 3.8) is 0 Å². The quantitative estimate of drug-likeness (QED) is 0.373. The highest BCUT2D eigenvalue weighted by atomic mass is 16.7. The van der Waals surface area contributed by atoms with Crippen LogP contribution in [0, 0.1) is 5.92 Å². The minimum absolute atomic E-state index is 0.0189. The fraction of sp³-hybridized carbons (Fsp3) is 0.423. The van der Waals surface area contributed by atoms with Gasteiger partial charge in [0.15, 0.2) is 13.6 Å². The molecule has 0 spiro atoms. The van der Waals surface area contributed by atoms with Crippen molar-refractivity contribution in [3.05, 3.63) is 65.2 Å². The maximum Gasteiger partial charge on any atom is 0.308 e. The summed E-state index contributed by atoms with van der Waals surface area (Å²) in [4.78, 5) is 12.2. The average molecular weight is 441 g/mol. The molecule has 0 saturated heterocycles. The average Bonchev–Trinajstić information content (AvgIpc) is 2.84. The highest BCUT2D eigenvalue weighted by molar-refractivity contribution is 5.83. The van der Waals surface area contributed by atoms with Gasteiger partial charge in [-0.2, -0.15) is 0 Å². The van der Waals surface area contributed by atoms with Gasteiger partial charge in [-0.25, -0.2) is 0 Å². The number of carbonyl (C=O) groups excluding carboxylic acids is 1. The lowest BCUT2D eigenvalue weighted by Gasteiger charge is -2.25. The Morgan fingerprint density at radius 2 is 1.28 bits per heavy atom. The summed E-state index contributed by atoms with van der Waals surface area (Å²) in [7, 11) is 3.20. The smallest absolute Gasteiger partial charge is 0.308 e. The summed E-state index contributed by atoms with van der Waals surface area (Å²) in [6.07, 6.45) is 3.34. The van der Waals surface area contributed by atoms with Crippen LogP contribution < -0.4 is 9.47 Å². The number of ether oxygens (including phenoxy) is 5. The van der Waals surface area contributed by atoms with Gasteiger partial charge in [0.2, 0.25) is 0 Å². The summed E-state index contributed by atoms with van der Waals surface area (Å²) in [6, 6.07) is 16.1. The van der Waals surface area contributed by atoms with E-state index in [0.29, 0.717) is 6.61 Å². The third-order valence-electron chi connectivity index (χ3n) is 5.54. The van der Waals surface area contributed by atoms with Crippen molar-refractivity contribution in [2.45, 2.75) is 32.6 Å². The van der Waals surface area contributed by atoms with Gasteiger partial charge < -0.3 is 23.7 Å². The van der Waals surface area contributed by atoms with Crippen LogP contribution in [0.2, 0.25) is 0 Å². The number of hydrogen-bond acceptors (Lipinski definition) is 6. The van der Waals surface area contributed by atoms with Crippen molar-refractivity contribution in [3.8, 4) is 11.5 Å². The summed E-state index contributed by atoms with van der Waals surface area (Å²) in [6.45, 7) is 2.71. The van der Waals surface area contributed by atoms with Crippen molar-refractivity contribution in [2.24, 2.45) is 5.92 Å². The number of allylic oxidation sites excluding steroid dienone is 1. The van der Waals surface area contributed by atoms with Gasteiger partial charge in [-0.15, -0.1) is 0 Å². The monoisotopic (exact) mass is 440 g/mol. The molecule has 2 aromatic carbocycles. The zero-order valence-electron chi connectivity index (χ0n) is 19.1. The molecule has 6 nitrogen and oxygen atoms in total. The number of methoxy groups -OCH3 is 2. The van der Waals surface area contributed by atoms with E-state index in [-0.39, 0.29) is 25.5 Å². The highest BCUT2D eigenvalue weighted by Crippen LogP contribution is 2.38. The first-order valence-electron chi connectivity index (χ1n) is 11.0. The van der Waals surface area contributed by atoms with Crippen LogP contribution in [-0.4, -0.2) is 40.4 Å². The predicted octanol–water partition coefficient (Wildman–Crippen LogP) is 5.21. The Bertz CT molecular complexity index is 822. The molecule has 1 saturated carbocycles. The van der Waals surface area contributed by atoms with E-state index in [1.807, 2.05) is 31.2 Å². The molecule has 0 N–H and O–H groups in total. The Hall–Kier alpha value is -2.83. The molecule has 1 aliphatic carbocycles. The van der Waals surface area contributed by atoms with Crippen LogP contribution in [0.3, 0.4) is 0 Å². The molecular formula is C26H32O6. The molecular weight excluding hydrogens is 408 g/mol. The topological polar surface area (TPSA) is 63.2 Å². The van der Waals surface area contributed by atoms with E-state index in [2.05, 4.69) is 24.3 Å². The second-order valence-corrected chi connectivity index (χ2v) is 7.66. The summed E-state index contributed by atoms with van der Waals surface area (Å²) >= 11 is 0. The number of hydrogen-bond donors (Lipinski definition) is 0. The SMILES string of the molecule is CCOC(=O)C1CCC(=C(c2ccc(OCOC)cc2)c2ccc(OCOC)cc2)CC1. The van der Waals surface area contributed by atoms with E-state index in [4.69, 9.17) is 23.7 Å². The van der Waals surface area contributed by atoms with E-state index < -0.39 is 0 Å². The molecule has 0 aromatic heterocycles. The molecule has 0 heterocycles. The first-order chi connectivity index (χ1) is 15.7. The van der Waals surface area contributed by atoms with Crippen LogP contribution in [0.4, 0.5) is 0 Å². The van der Waals surface area contributed by atoms with E-state index in [1.54, 1.807) is 14.2 Å². The molecule has 3 rings (SSSR count). The Balaban J connectivity index is 1.88. The van der Waals surface area contributed by atoms with E-state index in [1.165, 1.54) is 11.1 Å².